The van der Waals surface area contributed by atoms with Crippen molar-refractivity contribution in [2.75, 3.05) is 0 Å². The van der Waals surface area contributed by atoms with E-state index < -0.39 is 34.0 Å². The smallest absolute Gasteiger partial charge is 0.183 e. The fraction of sp³-hybridized carbons (Fsp3) is 0.667. The minimum Gasteiger partial charge on any atom is -0.381 e. The third-order valence-corrected chi connectivity index (χ3v) is 5.07. The number of aliphatic hydroxyl groups is 1. The summed E-state index contributed by atoms with van der Waals surface area (Å²) in [6, 6.07) is 0. The van der Waals surface area contributed by atoms with Gasteiger partial charge in [-0.15, -0.1) is 23.2 Å². The van der Waals surface area contributed by atoms with Gasteiger partial charge < -0.3 is 9.90 Å². The summed E-state index contributed by atoms with van der Waals surface area (Å²) in [7, 11) is 0. The van der Waals surface area contributed by atoms with Gasteiger partial charge in [-0.05, 0) is 0 Å². The highest BCUT2D eigenvalue weighted by molar-refractivity contribution is 6.31. The maximum Gasteiger partial charge on any atom is 0.183 e. The Morgan fingerprint density at radius 3 is 1.89 bits per heavy atom. The Morgan fingerprint density at radius 1 is 1.00 bits per heavy atom. The van der Waals surface area contributed by atoms with Crippen molar-refractivity contribution in [1.29, 1.82) is 0 Å². The van der Waals surface area contributed by atoms with Crippen molar-refractivity contribution in [3.05, 3.63) is 0 Å². The number of carbonyl (C=O) groups is 3. The average Bonchev–Trinajstić information content (AvgIpc) is 2.45. The molecule has 0 spiro atoms. The summed E-state index contributed by atoms with van der Waals surface area (Å²) in [6.45, 7) is 0. The molecular weight excluding hydrogens is 346 g/mol. The lowest BCUT2D eigenvalue weighted by Crippen LogP contribution is -2.73. The van der Waals surface area contributed by atoms with Crippen molar-refractivity contribution in [1.82, 2.24) is 0 Å². The first-order valence-electron chi connectivity index (χ1n) is 4.81. The van der Waals surface area contributed by atoms with Gasteiger partial charge in [0, 0.05) is 6.42 Å². The molecule has 0 radical (unpaired) electrons. The number of halogens is 4. The molecule has 19 heavy (non-hydrogen) atoms. The van der Waals surface area contributed by atoms with Crippen LogP contribution in [-0.2, 0) is 23.0 Å². The van der Waals surface area contributed by atoms with Crippen LogP contribution in [0.15, 0.2) is 0 Å². The van der Waals surface area contributed by atoms with Crippen LogP contribution in [0.1, 0.15) is 6.42 Å². The number of alkyl halides is 2. The second-order valence-corrected chi connectivity index (χ2v) is 5.39. The molecule has 1 aliphatic carbocycles. The first-order chi connectivity index (χ1) is 8.82. The molecule has 6 nitrogen and oxygen atoms in total. The van der Waals surface area contributed by atoms with Crippen molar-refractivity contribution in [2.24, 2.45) is 0 Å². The molecule has 0 saturated heterocycles. The molecule has 1 rings (SSSR count). The number of carbonyl (C=O) groups excluding carboxylic acids is 3. The monoisotopic (exact) mass is 352 g/mol. The quantitative estimate of drug-likeness (QED) is 0.579. The Hall–Kier alpha value is 0.0500. The maximum atomic E-state index is 11.2. The Balaban J connectivity index is 3.50. The van der Waals surface area contributed by atoms with Gasteiger partial charge in [-0.25, -0.2) is 0 Å². The zero-order chi connectivity index (χ0) is 14.9. The van der Waals surface area contributed by atoms with Crippen LogP contribution < -0.4 is 0 Å². The van der Waals surface area contributed by atoms with Gasteiger partial charge in [0.1, 0.15) is 16.4 Å². The van der Waals surface area contributed by atoms with Gasteiger partial charge in [-0.2, -0.15) is 0 Å². The molecule has 0 aromatic carbocycles. The second kappa shape index (κ2) is 5.81. The fourth-order valence-electron chi connectivity index (χ4n) is 2.03. The van der Waals surface area contributed by atoms with E-state index in [9.17, 15) is 19.5 Å². The lowest BCUT2D eigenvalue weighted by Gasteiger charge is -2.50. The number of hydrogen-bond donors (Lipinski definition) is 1. The molecule has 1 aliphatic rings. The summed E-state index contributed by atoms with van der Waals surface area (Å²) < 4.78 is 8.87. The highest BCUT2D eigenvalue weighted by Gasteiger charge is 2.69. The third-order valence-electron chi connectivity index (χ3n) is 3.08. The lowest BCUT2D eigenvalue weighted by molar-refractivity contribution is -0.165. The van der Waals surface area contributed by atoms with Gasteiger partial charge in [0.2, 0.25) is 0 Å². The summed E-state index contributed by atoms with van der Waals surface area (Å²) in [5.41, 5.74) is -6.69. The van der Waals surface area contributed by atoms with Crippen LogP contribution in [0.4, 0.5) is 0 Å². The van der Waals surface area contributed by atoms with E-state index in [4.69, 9.17) is 46.9 Å². The number of hydrogen-bond acceptors (Lipinski definition) is 6. The van der Waals surface area contributed by atoms with E-state index in [2.05, 4.69) is 8.58 Å². The Labute approximate surface area is 128 Å². The van der Waals surface area contributed by atoms with Crippen molar-refractivity contribution in [2.45, 2.75) is 34.0 Å². The predicted molar refractivity (Wildman–Crippen MR) is 66.4 cm³/mol. The standard InChI is InChI=1S/C9H8Cl4O6/c10-5-7(17,2-14)1-8(3-15,18-12)6(11)9(5,4-16)19-13/h2-6,17H,1H2. The minimum atomic E-state index is -2.35. The Morgan fingerprint density at radius 2 is 1.58 bits per heavy atom. The number of aldehydes is 3. The fourth-order valence-corrected chi connectivity index (χ4v) is 3.37. The minimum absolute atomic E-state index is 0.0375. The van der Waals surface area contributed by atoms with Crippen molar-refractivity contribution in [3.63, 3.8) is 0 Å². The van der Waals surface area contributed by atoms with Gasteiger partial charge in [0.15, 0.2) is 30.1 Å². The summed E-state index contributed by atoms with van der Waals surface area (Å²) >= 11 is 22.2. The summed E-state index contributed by atoms with van der Waals surface area (Å²) in [6.07, 6.45) is -0.398. The van der Waals surface area contributed by atoms with Crippen LogP contribution in [0.5, 0.6) is 0 Å². The van der Waals surface area contributed by atoms with E-state index in [1.165, 1.54) is 0 Å². The van der Waals surface area contributed by atoms with E-state index in [0.29, 0.717) is 0 Å². The van der Waals surface area contributed by atoms with Crippen LogP contribution in [0.25, 0.3) is 0 Å². The first-order valence-corrected chi connectivity index (χ1v) is 6.30. The van der Waals surface area contributed by atoms with Crippen molar-refractivity contribution >= 4 is 65.8 Å². The lowest BCUT2D eigenvalue weighted by atomic mass is 9.68. The van der Waals surface area contributed by atoms with Gasteiger partial charge >= 0.3 is 0 Å². The zero-order valence-corrected chi connectivity index (χ0v) is 12.1. The molecule has 10 heteroatoms. The molecule has 1 saturated carbocycles. The van der Waals surface area contributed by atoms with Gasteiger partial charge in [0.25, 0.3) is 0 Å². The summed E-state index contributed by atoms with van der Waals surface area (Å²) in [4.78, 5) is 33.4. The molecule has 5 atom stereocenters. The Kier molecular flexibility index (Phi) is 5.23. The van der Waals surface area contributed by atoms with Crippen LogP contribution in [0.2, 0.25) is 0 Å². The SMILES string of the molecule is O=CC1(O)CC(C=O)(OCl)C(Cl)C(C=O)(OCl)C1Cl. The van der Waals surface area contributed by atoms with Crippen molar-refractivity contribution < 1.29 is 28.1 Å². The zero-order valence-electron chi connectivity index (χ0n) is 9.09. The van der Waals surface area contributed by atoms with Crippen LogP contribution in [0, 0.1) is 0 Å². The normalized spacial score (nSPS) is 46.6. The summed E-state index contributed by atoms with van der Waals surface area (Å²) in [5.74, 6) is 0. The van der Waals surface area contributed by atoms with Crippen LogP contribution in [-0.4, -0.2) is 51.5 Å². The average molecular weight is 354 g/mol. The van der Waals surface area contributed by atoms with Gasteiger partial charge in [-0.3, -0.25) is 18.2 Å². The molecule has 0 aliphatic heterocycles. The van der Waals surface area contributed by atoms with E-state index in [-0.39, 0.29) is 18.9 Å². The molecular formula is C9H8Cl4O6. The molecule has 0 aromatic heterocycles. The summed E-state index contributed by atoms with van der Waals surface area (Å²) in [5, 5.41) is 6.90. The topological polar surface area (TPSA) is 89.9 Å². The molecule has 0 amide bonds. The predicted octanol–water partition coefficient (Wildman–Crippen LogP) is 0.751. The van der Waals surface area contributed by atoms with Gasteiger partial charge in [0.05, 0.1) is 23.7 Å². The molecule has 1 fully saturated rings. The van der Waals surface area contributed by atoms with E-state index in [1.807, 2.05) is 0 Å². The molecule has 108 valence electrons. The van der Waals surface area contributed by atoms with Gasteiger partial charge in [-0.1, -0.05) is 0 Å². The molecule has 5 unspecified atom stereocenters. The first kappa shape index (κ1) is 17.1. The van der Waals surface area contributed by atoms with E-state index >= 15 is 0 Å². The largest absolute Gasteiger partial charge is 0.381 e. The van der Waals surface area contributed by atoms with Crippen LogP contribution >= 0.6 is 46.9 Å². The molecule has 0 heterocycles. The maximum absolute atomic E-state index is 11.2. The van der Waals surface area contributed by atoms with Crippen molar-refractivity contribution in [3.8, 4) is 0 Å². The number of rotatable bonds is 5. The molecule has 1 N–H and O–H groups in total. The molecule has 0 aromatic rings. The van der Waals surface area contributed by atoms with Crippen LogP contribution in [0.3, 0.4) is 0 Å². The van der Waals surface area contributed by atoms with E-state index in [1.54, 1.807) is 0 Å². The third kappa shape index (κ3) is 2.29. The second-order valence-electron chi connectivity index (χ2n) is 4.21. The highest BCUT2D eigenvalue weighted by atomic mass is 35.5. The highest BCUT2D eigenvalue weighted by Crippen LogP contribution is 2.49. The molecule has 0 bridgehead atoms. The van der Waals surface area contributed by atoms with E-state index in [0.717, 1.165) is 0 Å². The Bertz CT molecular complexity index is 395.